The molecule has 0 aliphatic heterocycles. The summed E-state index contributed by atoms with van der Waals surface area (Å²) >= 11 is 0. The fourth-order valence-corrected chi connectivity index (χ4v) is 1.38. The molecule has 1 heterocycles. The molecular formula is C12H11F2N3O. The Morgan fingerprint density at radius 2 is 1.72 bits per heavy atom. The second-order valence-corrected chi connectivity index (χ2v) is 3.61. The van der Waals surface area contributed by atoms with Crippen LogP contribution in [0.2, 0.25) is 0 Å². The Kier molecular flexibility index (Phi) is 3.78. The van der Waals surface area contributed by atoms with Crippen LogP contribution < -0.4 is 10.1 Å². The quantitative estimate of drug-likeness (QED) is 0.905. The molecule has 2 rings (SSSR count). The third-order valence-corrected chi connectivity index (χ3v) is 2.11. The van der Waals surface area contributed by atoms with E-state index in [1.54, 1.807) is 19.4 Å². The summed E-state index contributed by atoms with van der Waals surface area (Å²) in [6.45, 7) is 0.634. The van der Waals surface area contributed by atoms with Gasteiger partial charge in [0, 0.05) is 42.7 Å². The Balaban J connectivity index is 2.13. The summed E-state index contributed by atoms with van der Waals surface area (Å²) in [5, 5.41) is 2.95. The summed E-state index contributed by atoms with van der Waals surface area (Å²) in [6, 6.07) is 2.94. The summed E-state index contributed by atoms with van der Waals surface area (Å²) in [5.41, 5.74) is 0.885. The molecule has 0 unspecified atom stereocenters. The molecule has 6 heteroatoms. The predicted octanol–water partition coefficient (Wildman–Crippen LogP) is 2.27. The van der Waals surface area contributed by atoms with Gasteiger partial charge in [0.1, 0.15) is 17.4 Å². The smallest absolute Gasteiger partial charge is 0.321 e. The SMILES string of the molecule is CNCc1cnc(Oc2cc(F)cc(F)c2)nc1. The molecule has 0 radical (unpaired) electrons. The van der Waals surface area contributed by atoms with Crippen molar-refractivity contribution in [3.8, 4) is 11.8 Å². The third-order valence-electron chi connectivity index (χ3n) is 2.11. The highest BCUT2D eigenvalue weighted by Crippen LogP contribution is 2.20. The van der Waals surface area contributed by atoms with Crippen molar-refractivity contribution in [2.24, 2.45) is 0 Å². The first-order valence-corrected chi connectivity index (χ1v) is 5.27. The Morgan fingerprint density at radius 3 is 2.28 bits per heavy atom. The highest BCUT2D eigenvalue weighted by atomic mass is 19.1. The van der Waals surface area contributed by atoms with E-state index >= 15 is 0 Å². The van der Waals surface area contributed by atoms with Crippen molar-refractivity contribution in [3.05, 3.63) is 47.8 Å². The van der Waals surface area contributed by atoms with Crippen LogP contribution in [0.5, 0.6) is 11.8 Å². The van der Waals surface area contributed by atoms with Crippen molar-refractivity contribution >= 4 is 0 Å². The van der Waals surface area contributed by atoms with Crippen LogP contribution in [0.4, 0.5) is 8.78 Å². The van der Waals surface area contributed by atoms with E-state index in [9.17, 15) is 8.78 Å². The zero-order valence-corrected chi connectivity index (χ0v) is 9.65. The highest BCUT2D eigenvalue weighted by Gasteiger charge is 2.04. The predicted molar refractivity (Wildman–Crippen MR) is 61.2 cm³/mol. The molecule has 0 aliphatic carbocycles. The first-order chi connectivity index (χ1) is 8.67. The Morgan fingerprint density at radius 1 is 1.11 bits per heavy atom. The van der Waals surface area contributed by atoms with Crippen LogP contribution in [-0.2, 0) is 6.54 Å². The van der Waals surface area contributed by atoms with Gasteiger partial charge in [-0.15, -0.1) is 0 Å². The standard InChI is InChI=1S/C12H11F2N3O/c1-15-5-8-6-16-12(17-7-8)18-11-3-9(13)2-10(14)4-11/h2-4,6-7,15H,5H2,1H3. The van der Waals surface area contributed by atoms with Crippen molar-refractivity contribution in [2.45, 2.75) is 6.54 Å². The molecule has 0 bridgehead atoms. The lowest BCUT2D eigenvalue weighted by atomic mass is 10.3. The molecule has 0 fully saturated rings. The molecule has 0 atom stereocenters. The molecule has 0 spiro atoms. The maximum atomic E-state index is 12.9. The minimum Gasteiger partial charge on any atom is -0.424 e. The van der Waals surface area contributed by atoms with Gasteiger partial charge in [0.15, 0.2) is 0 Å². The number of hydrogen-bond acceptors (Lipinski definition) is 4. The number of nitrogens with zero attached hydrogens (tertiary/aromatic N) is 2. The molecule has 1 N–H and O–H groups in total. The average molecular weight is 251 g/mol. The lowest BCUT2D eigenvalue weighted by Crippen LogP contribution is -2.06. The zero-order valence-electron chi connectivity index (χ0n) is 9.65. The molecule has 0 aliphatic rings. The highest BCUT2D eigenvalue weighted by molar-refractivity contribution is 5.26. The van der Waals surface area contributed by atoms with Gasteiger partial charge in [-0.05, 0) is 7.05 Å². The minimum absolute atomic E-state index is 0.0221. The van der Waals surface area contributed by atoms with Crippen LogP contribution in [0.25, 0.3) is 0 Å². The van der Waals surface area contributed by atoms with E-state index in [-0.39, 0.29) is 11.8 Å². The van der Waals surface area contributed by atoms with Crippen LogP contribution in [0.3, 0.4) is 0 Å². The zero-order chi connectivity index (χ0) is 13.0. The van der Waals surface area contributed by atoms with E-state index < -0.39 is 11.6 Å². The molecule has 18 heavy (non-hydrogen) atoms. The van der Waals surface area contributed by atoms with E-state index in [4.69, 9.17) is 4.74 Å². The molecular weight excluding hydrogens is 240 g/mol. The van der Waals surface area contributed by atoms with Gasteiger partial charge in [0.05, 0.1) is 0 Å². The second kappa shape index (κ2) is 5.50. The van der Waals surface area contributed by atoms with E-state index in [0.717, 1.165) is 23.8 Å². The summed E-state index contributed by atoms with van der Waals surface area (Å²) in [5.74, 6) is -1.40. The summed E-state index contributed by atoms with van der Waals surface area (Å²) in [6.07, 6.45) is 3.16. The number of rotatable bonds is 4. The monoisotopic (exact) mass is 251 g/mol. The number of halogens is 2. The summed E-state index contributed by atoms with van der Waals surface area (Å²) in [7, 11) is 1.81. The largest absolute Gasteiger partial charge is 0.424 e. The van der Waals surface area contributed by atoms with Gasteiger partial charge in [-0.2, -0.15) is 0 Å². The average Bonchev–Trinajstić information content (AvgIpc) is 2.31. The molecule has 1 aromatic heterocycles. The molecule has 4 nitrogen and oxygen atoms in total. The van der Waals surface area contributed by atoms with Crippen molar-refractivity contribution < 1.29 is 13.5 Å². The van der Waals surface area contributed by atoms with E-state index in [1.807, 2.05) is 0 Å². The van der Waals surface area contributed by atoms with E-state index in [0.29, 0.717) is 6.54 Å². The molecule has 0 saturated carbocycles. The molecule has 0 amide bonds. The van der Waals surface area contributed by atoms with Gasteiger partial charge in [0.2, 0.25) is 0 Å². The number of ether oxygens (including phenoxy) is 1. The number of hydrogen-bond donors (Lipinski definition) is 1. The molecule has 94 valence electrons. The first kappa shape index (κ1) is 12.4. The van der Waals surface area contributed by atoms with Crippen LogP contribution in [0.1, 0.15) is 5.56 Å². The van der Waals surface area contributed by atoms with Crippen LogP contribution in [0, 0.1) is 11.6 Å². The van der Waals surface area contributed by atoms with Crippen LogP contribution in [-0.4, -0.2) is 17.0 Å². The molecule has 1 aromatic carbocycles. The van der Waals surface area contributed by atoms with Gasteiger partial charge in [-0.3, -0.25) is 0 Å². The van der Waals surface area contributed by atoms with E-state index in [2.05, 4.69) is 15.3 Å². The lowest BCUT2D eigenvalue weighted by molar-refractivity contribution is 0.431. The van der Waals surface area contributed by atoms with Crippen molar-refractivity contribution in [2.75, 3.05) is 7.05 Å². The Labute approximate surface area is 103 Å². The van der Waals surface area contributed by atoms with Crippen molar-refractivity contribution in [1.82, 2.24) is 15.3 Å². The van der Waals surface area contributed by atoms with Crippen LogP contribution in [0.15, 0.2) is 30.6 Å². The van der Waals surface area contributed by atoms with Gasteiger partial charge < -0.3 is 10.1 Å². The Bertz CT molecular complexity index is 511. The maximum Gasteiger partial charge on any atom is 0.321 e. The van der Waals surface area contributed by atoms with Crippen molar-refractivity contribution in [1.29, 1.82) is 0 Å². The van der Waals surface area contributed by atoms with E-state index in [1.165, 1.54) is 0 Å². The fourth-order valence-electron chi connectivity index (χ4n) is 1.38. The first-order valence-electron chi connectivity index (χ1n) is 5.27. The van der Waals surface area contributed by atoms with Gasteiger partial charge in [-0.1, -0.05) is 0 Å². The summed E-state index contributed by atoms with van der Waals surface area (Å²) in [4.78, 5) is 7.87. The Hall–Kier alpha value is -2.08. The van der Waals surface area contributed by atoms with Crippen LogP contribution >= 0.6 is 0 Å². The topological polar surface area (TPSA) is 47.0 Å². The van der Waals surface area contributed by atoms with Gasteiger partial charge in [0.25, 0.3) is 0 Å². The van der Waals surface area contributed by atoms with Gasteiger partial charge in [-0.25, -0.2) is 18.7 Å². The number of nitrogens with one attached hydrogen (secondary N) is 1. The fraction of sp³-hybridized carbons (Fsp3) is 0.167. The molecule has 2 aromatic rings. The lowest BCUT2D eigenvalue weighted by Gasteiger charge is -2.04. The number of aromatic nitrogens is 2. The number of benzene rings is 1. The van der Waals surface area contributed by atoms with Gasteiger partial charge >= 0.3 is 6.01 Å². The summed E-state index contributed by atoms with van der Waals surface area (Å²) < 4.78 is 31.0. The van der Waals surface area contributed by atoms with Crippen molar-refractivity contribution in [3.63, 3.8) is 0 Å². The second-order valence-electron chi connectivity index (χ2n) is 3.61. The third kappa shape index (κ3) is 3.21. The molecule has 0 saturated heterocycles. The normalized spacial score (nSPS) is 10.4. The maximum absolute atomic E-state index is 12.9. The minimum atomic E-state index is -0.711.